The fourth-order valence-electron chi connectivity index (χ4n) is 20.0. The lowest BCUT2D eigenvalue weighted by Gasteiger charge is -2.18. The van der Waals surface area contributed by atoms with Gasteiger partial charge < -0.3 is 13.3 Å². The van der Waals surface area contributed by atoms with Crippen LogP contribution in [0.15, 0.2) is 486 Å². The van der Waals surface area contributed by atoms with E-state index in [0.29, 0.717) is 49.6 Å². The number of hydrogen-bond acceptors (Lipinski definition) is 3. The molecule has 0 radical (unpaired) electrons. The normalized spacial score (nSPS) is 13.9. The first kappa shape index (κ1) is 56.7. The van der Waals surface area contributed by atoms with Crippen LogP contribution in [0.3, 0.4) is 0 Å². The minimum atomic E-state index is -0.469. The molecule has 3 nitrogen and oxygen atoms in total. The second-order valence-electron chi connectivity index (χ2n) is 32.2. The van der Waals surface area contributed by atoms with Crippen molar-refractivity contribution in [2.24, 2.45) is 0 Å². The van der Waals surface area contributed by atoms with Crippen LogP contribution in [0.2, 0.25) is 0 Å². The molecule has 27 rings (SSSR count). The van der Waals surface area contributed by atoms with Crippen molar-refractivity contribution in [2.75, 3.05) is 0 Å². The van der Waals surface area contributed by atoms with E-state index < -0.39 is 48.3 Å². The van der Waals surface area contributed by atoms with Gasteiger partial charge in [0.15, 0.2) is 0 Å². The van der Waals surface area contributed by atoms with E-state index >= 15 is 0 Å². The topological polar surface area (TPSA) is 39.4 Å². The molecule has 0 saturated carbocycles. The van der Waals surface area contributed by atoms with Gasteiger partial charge in [0.1, 0.15) is 33.5 Å². The molecule has 27 aromatic rings. The van der Waals surface area contributed by atoms with E-state index in [-0.39, 0.29) is 94.8 Å². The number of para-hydroxylation sites is 3. The Morgan fingerprint density at radius 3 is 0.783 bits per heavy atom. The van der Waals surface area contributed by atoms with E-state index in [1.54, 1.807) is 12.1 Å². The molecule has 0 aliphatic heterocycles. The molecule has 0 amide bonds. The smallest absolute Gasteiger partial charge is 0.143 e. The van der Waals surface area contributed by atoms with Crippen molar-refractivity contribution in [3.05, 3.63) is 473 Å². The summed E-state index contributed by atoms with van der Waals surface area (Å²) in [6.45, 7) is 0. The standard InChI is InChI=1S/C46H28O.C42H26O.C38H24O/c1-2-14-29(15-3-1)43-34-20-8-10-22-36(34)44(37-23-11-9-21-35(37)43)39-25-13-27-42-45(39)40-26-12-24-38(46(40)47-42)41-28-30-16-4-5-17-31(30)32-18-6-7-19-33(32)41;1-2-13-28(14-3-1)39-32-16-6-8-18-34(32)40(35-19-9-7-17-33(35)39)36-21-11-23-38-41(36)37-22-10-20-31(42(37)43-38)30-25-24-27-12-4-5-15-29(27)26-30;1-3-13-25(14-4-1)27-21-11-23-33-37-32(22-12-24-34(37)39-38(27)33)36-30-19-9-7-17-28(30)35(26-15-5-2-6-16-26)29-18-8-10-20-31(29)36/h1-28H;1-26H;1-24H/i1D,2D,3D,14D,15D;1D,2D,3D,13D,14D;1D,2D,3D,4D,5D,6D,13D,14D,15D,16D. The molecule has 0 spiro atoms. The first-order valence-electron chi connectivity index (χ1n) is 52.7. The molecule has 0 aliphatic carbocycles. The summed E-state index contributed by atoms with van der Waals surface area (Å²) < 4.78 is 190. The van der Waals surface area contributed by atoms with Crippen molar-refractivity contribution in [1.82, 2.24) is 0 Å². The molecule has 0 atom stereocenters. The summed E-state index contributed by atoms with van der Waals surface area (Å²) in [5, 5.41) is 22.5. The molecule has 600 valence electrons. The number of fused-ring (bicyclic) bond motifs is 19. The monoisotopic (exact) mass is 1660 g/mol. The van der Waals surface area contributed by atoms with E-state index in [9.17, 15) is 0 Å². The quantitative estimate of drug-likeness (QED) is 0.107. The molecule has 24 aromatic carbocycles. The van der Waals surface area contributed by atoms with Crippen LogP contribution in [0.5, 0.6) is 0 Å². The highest BCUT2D eigenvalue weighted by Crippen LogP contribution is 2.54. The molecular weight excluding hydrogens is 1560 g/mol. The van der Waals surface area contributed by atoms with Crippen molar-refractivity contribution in [3.63, 3.8) is 0 Å². The molecule has 0 saturated heterocycles. The molecule has 3 heteroatoms. The van der Waals surface area contributed by atoms with E-state index in [1.807, 2.05) is 176 Å². The largest absolute Gasteiger partial charge is 0.455 e. The zero-order chi connectivity index (χ0) is 102. The first-order chi connectivity index (χ1) is 72.4. The fourth-order valence-corrected chi connectivity index (χ4v) is 20.0. The SMILES string of the molecule is [2H]c1c([2H])c([2H])c(-c2c3ccccc3c(-c3cccc4oc5c(-c6c([2H])c([2H])c([2H])c([2H])c6[2H])cccc5c34)c3ccccc23)c([2H])c1[2H].[2H]c1c([2H])c([2H])c(-c2c3ccccc3c(-c3cccc4oc5c(-c6cc7ccccc7c7ccccc67)cccc5c34)c3ccccc23)c([2H])c1[2H].[2H]c1c([2H])c([2H])c(-c2c3ccccc3c(-c3cccc4oc5c(-c6ccc7ccccc7c6)cccc5c34)c3ccccc23)c([2H])c1[2H]. The van der Waals surface area contributed by atoms with Gasteiger partial charge in [-0.3, -0.25) is 0 Å². The van der Waals surface area contributed by atoms with Crippen molar-refractivity contribution < 1.29 is 40.7 Å². The summed E-state index contributed by atoms with van der Waals surface area (Å²) in [5.41, 5.74) is 16.7. The van der Waals surface area contributed by atoms with E-state index in [4.69, 9.17) is 40.7 Å². The summed E-state index contributed by atoms with van der Waals surface area (Å²) in [6, 6.07) is 110. The van der Waals surface area contributed by atoms with Gasteiger partial charge in [-0.2, -0.15) is 0 Å². The van der Waals surface area contributed by atoms with Crippen LogP contribution in [0, 0.1) is 0 Å². The Morgan fingerprint density at radius 1 is 0.147 bits per heavy atom. The molecule has 0 bridgehead atoms. The summed E-state index contributed by atoms with van der Waals surface area (Å²) in [5.74, 6) is 0. The van der Waals surface area contributed by atoms with Crippen LogP contribution in [-0.2, 0) is 0 Å². The third-order valence-electron chi connectivity index (χ3n) is 25.3. The predicted molar refractivity (Wildman–Crippen MR) is 548 cm³/mol. The van der Waals surface area contributed by atoms with Gasteiger partial charge in [-0.1, -0.05) is 442 Å². The number of rotatable bonds is 9. The highest BCUT2D eigenvalue weighted by atomic mass is 16.3. The highest BCUT2D eigenvalue weighted by molar-refractivity contribution is 6.31. The summed E-state index contributed by atoms with van der Waals surface area (Å²) in [6.07, 6.45) is 0. The van der Waals surface area contributed by atoms with Crippen molar-refractivity contribution >= 4 is 163 Å². The van der Waals surface area contributed by atoms with Crippen LogP contribution in [-0.4, -0.2) is 0 Å². The molecule has 3 heterocycles. The highest BCUT2D eigenvalue weighted by Gasteiger charge is 2.27. The van der Waals surface area contributed by atoms with Crippen LogP contribution < -0.4 is 0 Å². The zero-order valence-electron chi connectivity index (χ0n) is 88.7. The summed E-state index contributed by atoms with van der Waals surface area (Å²) in [4.78, 5) is 0. The van der Waals surface area contributed by atoms with E-state index in [1.165, 1.54) is 26.9 Å². The summed E-state index contributed by atoms with van der Waals surface area (Å²) >= 11 is 0. The number of hydrogen-bond donors (Lipinski definition) is 0. The van der Waals surface area contributed by atoms with Gasteiger partial charge >= 0.3 is 0 Å². The predicted octanol–water partition coefficient (Wildman–Crippen LogP) is 36.1. The lowest BCUT2D eigenvalue weighted by Crippen LogP contribution is -1.91. The lowest BCUT2D eigenvalue weighted by molar-refractivity contribution is 0.669. The maximum absolute atomic E-state index is 8.92. The van der Waals surface area contributed by atoms with Crippen LogP contribution in [0.4, 0.5) is 0 Å². The Kier molecular flexibility index (Phi) is 13.7. The average Bonchev–Trinajstić information content (AvgIpc) is 1.66. The van der Waals surface area contributed by atoms with E-state index in [0.717, 1.165) is 164 Å². The van der Waals surface area contributed by atoms with Crippen molar-refractivity contribution in [1.29, 1.82) is 0 Å². The molecule has 0 unspecified atom stereocenters. The minimum absolute atomic E-state index is 0.0519. The van der Waals surface area contributed by atoms with Crippen LogP contribution >= 0.6 is 0 Å². The van der Waals surface area contributed by atoms with Crippen molar-refractivity contribution in [3.8, 4) is 100 Å². The number of benzene rings is 24. The van der Waals surface area contributed by atoms with Gasteiger partial charge in [0.25, 0.3) is 0 Å². The first-order valence-corrected chi connectivity index (χ1v) is 42.7. The molecule has 3 aromatic heterocycles. The Bertz CT molecular complexity index is 10300. The van der Waals surface area contributed by atoms with E-state index in [2.05, 4.69) is 164 Å². The Labute approximate surface area is 772 Å². The third kappa shape index (κ3) is 12.3. The Morgan fingerprint density at radius 2 is 0.411 bits per heavy atom. The molecule has 0 N–H and O–H groups in total. The van der Waals surface area contributed by atoms with Gasteiger partial charge in [0, 0.05) is 49.0 Å². The molecule has 0 fully saturated rings. The lowest BCUT2D eigenvalue weighted by atomic mass is 9.85. The van der Waals surface area contributed by atoms with Gasteiger partial charge in [-0.25, -0.2) is 0 Å². The number of furan rings is 3. The fraction of sp³-hybridized carbons (Fsp3) is 0. The minimum Gasteiger partial charge on any atom is -0.455 e. The van der Waals surface area contributed by atoms with Gasteiger partial charge in [0.2, 0.25) is 0 Å². The van der Waals surface area contributed by atoms with Gasteiger partial charge in [-0.15, -0.1) is 0 Å². The maximum atomic E-state index is 8.92. The summed E-state index contributed by atoms with van der Waals surface area (Å²) in [7, 11) is 0. The molecular formula is C126H78O3. The maximum Gasteiger partial charge on any atom is 0.143 e. The third-order valence-corrected chi connectivity index (χ3v) is 25.3. The van der Waals surface area contributed by atoms with Crippen LogP contribution in [0.25, 0.3) is 263 Å². The zero-order valence-corrected chi connectivity index (χ0v) is 68.7. The molecule has 129 heavy (non-hydrogen) atoms. The average molecular weight is 1660 g/mol. The van der Waals surface area contributed by atoms with Gasteiger partial charge in [-0.05, 0) is 211 Å². The second kappa shape index (κ2) is 31.1. The Balaban J connectivity index is 0.000000116. The Hall–Kier alpha value is -17.0. The second-order valence-corrected chi connectivity index (χ2v) is 32.2. The van der Waals surface area contributed by atoms with Crippen LogP contribution in [0.1, 0.15) is 27.4 Å². The van der Waals surface area contributed by atoms with Crippen molar-refractivity contribution in [2.45, 2.75) is 0 Å². The van der Waals surface area contributed by atoms with Gasteiger partial charge in [0.05, 0.1) is 27.4 Å². The molecule has 0 aliphatic rings.